The van der Waals surface area contributed by atoms with Gasteiger partial charge in [0.25, 0.3) is 5.91 Å². The van der Waals surface area contributed by atoms with Gasteiger partial charge in [0.2, 0.25) is 0 Å². The molecule has 0 spiro atoms. The Morgan fingerprint density at radius 1 is 1.27 bits per heavy atom. The van der Waals surface area contributed by atoms with Crippen molar-refractivity contribution in [2.24, 2.45) is 5.92 Å². The molecule has 2 aromatic heterocycles. The first kappa shape index (κ1) is 18.3. The lowest BCUT2D eigenvalue weighted by Crippen LogP contribution is -2.26. The van der Waals surface area contributed by atoms with Gasteiger partial charge in [-0.15, -0.1) is 0 Å². The van der Waals surface area contributed by atoms with E-state index in [0.29, 0.717) is 34.6 Å². The van der Waals surface area contributed by atoms with Crippen LogP contribution in [0.1, 0.15) is 36.3 Å². The highest BCUT2D eigenvalue weighted by Gasteiger charge is 2.14. The maximum atomic E-state index is 12.4. The predicted molar refractivity (Wildman–Crippen MR) is 105 cm³/mol. The number of carbonyl (C=O) groups is 1. The molecule has 0 saturated heterocycles. The van der Waals surface area contributed by atoms with E-state index in [0.717, 1.165) is 23.1 Å². The topological polar surface area (TPSA) is 67.2 Å². The molecule has 2 N–H and O–H groups in total. The Kier molecular flexibility index (Phi) is 5.47. The molecule has 136 valence electrons. The van der Waals surface area contributed by atoms with Gasteiger partial charge in [-0.2, -0.15) is 0 Å². The first-order valence-electron chi connectivity index (χ1n) is 8.63. The lowest BCUT2D eigenvalue weighted by atomic mass is 10.1. The number of hydrogen-bond acceptors (Lipinski definition) is 4. The molecule has 1 aromatic carbocycles. The van der Waals surface area contributed by atoms with Crippen molar-refractivity contribution in [1.29, 1.82) is 0 Å². The number of carbonyl (C=O) groups excluding carboxylic acids is 1. The third kappa shape index (κ3) is 4.17. The average molecular weight is 372 g/mol. The molecule has 3 aromatic rings. The van der Waals surface area contributed by atoms with Gasteiger partial charge in [0.15, 0.2) is 0 Å². The van der Waals surface area contributed by atoms with Crippen molar-refractivity contribution in [2.45, 2.75) is 27.2 Å². The fraction of sp³-hybridized carbons (Fsp3) is 0.300. The number of anilines is 2. The molecule has 0 saturated carbocycles. The highest BCUT2D eigenvalue weighted by molar-refractivity contribution is 6.31. The van der Waals surface area contributed by atoms with Crippen LogP contribution in [-0.4, -0.2) is 17.4 Å². The lowest BCUT2D eigenvalue weighted by Gasteiger charge is -2.11. The van der Waals surface area contributed by atoms with Crippen molar-refractivity contribution in [3.8, 4) is 0 Å². The Bertz CT molecular complexity index is 934. The molecule has 0 atom stereocenters. The van der Waals surface area contributed by atoms with E-state index in [2.05, 4.69) is 29.5 Å². The smallest absolute Gasteiger partial charge is 0.270 e. The van der Waals surface area contributed by atoms with Crippen LogP contribution >= 0.6 is 11.6 Å². The summed E-state index contributed by atoms with van der Waals surface area (Å²) in [6.07, 6.45) is 2.50. The van der Waals surface area contributed by atoms with E-state index in [-0.39, 0.29) is 5.91 Å². The number of amides is 1. The summed E-state index contributed by atoms with van der Waals surface area (Å²) in [5.74, 6) is 0.874. The highest BCUT2D eigenvalue weighted by atomic mass is 35.5. The summed E-state index contributed by atoms with van der Waals surface area (Å²) in [7, 11) is 0. The molecule has 0 fully saturated rings. The van der Waals surface area contributed by atoms with Gasteiger partial charge in [-0.05, 0) is 43.0 Å². The molecule has 5 nitrogen and oxygen atoms in total. The van der Waals surface area contributed by atoms with Gasteiger partial charge in [-0.3, -0.25) is 4.79 Å². The Labute approximate surface area is 157 Å². The van der Waals surface area contributed by atoms with Gasteiger partial charge in [-0.1, -0.05) is 31.5 Å². The van der Waals surface area contributed by atoms with Gasteiger partial charge in [0.05, 0.1) is 11.6 Å². The van der Waals surface area contributed by atoms with Crippen LogP contribution < -0.4 is 10.6 Å². The fourth-order valence-corrected chi connectivity index (χ4v) is 2.73. The van der Waals surface area contributed by atoms with Crippen molar-refractivity contribution in [3.63, 3.8) is 0 Å². The number of nitrogens with zero attached hydrogens (tertiary/aromatic N) is 1. The first-order valence-corrected chi connectivity index (χ1v) is 9.01. The minimum Gasteiger partial charge on any atom is -0.464 e. The van der Waals surface area contributed by atoms with Gasteiger partial charge in [0, 0.05) is 23.3 Å². The Hall–Kier alpha value is -2.53. The van der Waals surface area contributed by atoms with Crippen molar-refractivity contribution >= 4 is 40.0 Å². The molecule has 0 aliphatic heterocycles. The van der Waals surface area contributed by atoms with E-state index in [1.54, 1.807) is 12.3 Å². The fourth-order valence-electron chi connectivity index (χ4n) is 2.55. The van der Waals surface area contributed by atoms with E-state index in [1.165, 1.54) is 0 Å². The van der Waals surface area contributed by atoms with Crippen LogP contribution in [0, 0.1) is 12.8 Å². The molecule has 0 radical (unpaired) electrons. The number of aromatic nitrogens is 1. The lowest BCUT2D eigenvalue weighted by molar-refractivity contribution is 0.0947. The van der Waals surface area contributed by atoms with E-state index in [4.69, 9.17) is 16.0 Å². The molecule has 6 heteroatoms. The van der Waals surface area contributed by atoms with E-state index < -0.39 is 0 Å². The number of aryl methyl sites for hydroxylation is 1. The average Bonchev–Trinajstić information content (AvgIpc) is 3.06. The molecule has 0 aliphatic rings. The summed E-state index contributed by atoms with van der Waals surface area (Å²) in [6, 6.07) is 9.16. The minimum absolute atomic E-state index is 0.214. The minimum atomic E-state index is -0.214. The number of fused-ring (bicyclic) bond motifs is 1. The molecule has 0 bridgehead atoms. The molecular weight excluding hydrogens is 350 g/mol. The summed E-state index contributed by atoms with van der Waals surface area (Å²) in [6.45, 7) is 6.80. The third-order valence-corrected chi connectivity index (χ3v) is 4.53. The summed E-state index contributed by atoms with van der Waals surface area (Å²) >= 11 is 6.20. The largest absolute Gasteiger partial charge is 0.464 e. The molecule has 2 heterocycles. The van der Waals surface area contributed by atoms with Crippen LogP contribution in [0.25, 0.3) is 11.0 Å². The van der Waals surface area contributed by atoms with Crippen molar-refractivity contribution < 1.29 is 9.21 Å². The van der Waals surface area contributed by atoms with Gasteiger partial charge < -0.3 is 15.1 Å². The van der Waals surface area contributed by atoms with Crippen LogP contribution in [0.4, 0.5) is 11.5 Å². The van der Waals surface area contributed by atoms with E-state index >= 15 is 0 Å². The molecular formula is C20H22ClN3O2. The Balaban J connectivity index is 1.88. The van der Waals surface area contributed by atoms with Crippen LogP contribution in [0.2, 0.25) is 5.02 Å². The van der Waals surface area contributed by atoms with Crippen LogP contribution in [0.5, 0.6) is 0 Å². The van der Waals surface area contributed by atoms with Crippen LogP contribution in [-0.2, 0) is 0 Å². The van der Waals surface area contributed by atoms with Crippen molar-refractivity contribution in [1.82, 2.24) is 10.3 Å². The zero-order valence-corrected chi connectivity index (χ0v) is 15.9. The second-order valence-electron chi connectivity index (χ2n) is 6.72. The zero-order chi connectivity index (χ0) is 18.7. The first-order chi connectivity index (χ1) is 12.4. The number of halogens is 1. The van der Waals surface area contributed by atoms with E-state index in [1.807, 2.05) is 31.2 Å². The number of pyridine rings is 1. The van der Waals surface area contributed by atoms with Crippen molar-refractivity contribution in [3.05, 3.63) is 52.9 Å². The molecule has 3 rings (SSSR count). The maximum absolute atomic E-state index is 12.4. The number of rotatable bonds is 6. The Morgan fingerprint density at radius 3 is 2.81 bits per heavy atom. The van der Waals surface area contributed by atoms with Gasteiger partial charge in [-0.25, -0.2) is 4.98 Å². The van der Waals surface area contributed by atoms with Crippen LogP contribution in [0.15, 0.2) is 41.0 Å². The SMILES string of the molecule is Cc1ccc(Nc2nc(C(=O)NCCC(C)C)cc3occc23)cc1Cl. The zero-order valence-electron chi connectivity index (χ0n) is 15.1. The molecule has 1 amide bonds. The van der Waals surface area contributed by atoms with Gasteiger partial charge >= 0.3 is 0 Å². The molecule has 0 aliphatic carbocycles. The molecule has 0 unspecified atom stereocenters. The second-order valence-corrected chi connectivity index (χ2v) is 7.12. The standard InChI is InChI=1S/C20H22ClN3O2/c1-12(2)6-8-22-20(25)17-11-18-15(7-9-26-18)19(24-17)23-14-5-4-13(3)16(21)10-14/h4-5,7,9-12H,6,8H2,1-3H3,(H,22,25)(H,23,24). The monoisotopic (exact) mass is 371 g/mol. The number of furan rings is 1. The summed E-state index contributed by atoms with van der Waals surface area (Å²) < 4.78 is 5.49. The molecule has 26 heavy (non-hydrogen) atoms. The second kappa shape index (κ2) is 7.79. The summed E-state index contributed by atoms with van der Waals surface area (Å²) in [5.41, 5.74) is 2.72. The predicted octanol–water partition coefficient (Wildman–Crippen LogP) is 5.31. The highest BCUT2D eigenvalue weighted by Crippen LogP contribution is 2.28. The van der Waals surface area contributed by atoms with Crippen molar-refractivity contribution in [2.75, 3.05) is 11.9 Å². The summed E-state index contributed by atoms with van der Waals surface area (Å²) in [5, 5.41) is 7.61. The van der Waals surface area contributed by atoms with Gasteiger partial charge in [0.1, 0.15) is 17.1 Å². The quantitative estimate of drug-likeness (QED) is 0.616. The number of nitrogens with one attached hydrogen (secondary N) is 2. The maximum Gasteiger partial charge on any atom is 0.270 e. The summed E-state index contributed by atoms with van der Waals surface area (Å²) in [4.78, 5) is 16.9. The normalized spacial score (nSPS) is 11.1. The number of benzene rings is 1. The van der Waals surface area contributed by atoms with Crippen LogP contribution in [0.3, 0.4) is 0 Å². The third-order valence-electron chi connectivity index (χ3n) is 4.12. The number of hydrogen-bond donors (Lipinski definition) is 2. The Morgan fingerprint density at radius 2 is 2.08 bits per heavy atom. The van der Waals surface area contributed by atoms with E-state index in [9.17, 15) is 4.79 Å².